The zero-order valence-electron chi connectivity index (χ0n) is 14.1. The Bertz CT molecular complexity index is 867. The topological polar surface area (TPSA) is 75.7 Å². The zero-order chi connectivity index (χ0) is 18.6. The maximum absolute atomic E-state index is 12.7. The van der Waals surface area contributed by atoms with Gasteiger partial charge in [0.25, 0.3) is 0 Å². The van der Waals surface area contributed by atoms with Crippen LogP contribution >= 0.6 is 11.6 Å². The molecule has 8 heteroatoms. The number of methoxy groups -OCH3 is 1. The molecule has 0 radical (unpaired) electrons. The first kappa shape index (κ1) is 19.2. The molecule has 25 heavy (non-hydrogen) atoms. The molecular weight excluding hydrogens is 364 g/mol. The van der Waals surface area contributed by atoms with Crippen LogP contribution in [0.2, 0.25) is 5.02 Å². The summed E-state index contributed by atoms with van der Waals surface area (Å²) in [5.74, 6) is -0.286. The number of nitrogens with one attached hydrogen (secondary N) is 1. The summed E-state index contributed by atoms with van der Waals surface area (Å²) in [4.78, 5) is 12.0. The SMILES string of the molecule is COc1ccc(Cl)cc1S(=O)(=O)N(C)CC(=O)Nc1ccc(C)cc1. The fraction of sp³-hybridized carbons (Fsp3) is 0.235. The normalized spacial score (nSPS) is 11.4. The molecule has 0 aliphatic rings. The van der Waals surface area contributed by atoms with E-state index >= 15 is 0 Å². The van der Waals surface area contributed by atoms with E-state index in [1.54, 1.807) is 12.1 Å². The zero-order valence-corrected chi connectivity index (χ0v) is 15.7. The highest BCUT2D eigenvalue weighted by Gasteiger charge is 2.26. The Kier molecular flexibility index (Phi) is 6.05. The second-order valence-electron chi connectivity index (χ2n) is 5.47. The van der Waals surface area contributed by atoms with Gasteiger partial charge in [-0.1, -0.05) is 29.3 Å². The fourth-order valence-electron chi connectivity index (χ4n) is 2.14. The van der Waals surface area contributed by atoms with E-state index < -0.39 is 15.9 Å². The van der Waals surface area contributed by atoms with Gasteiger partial charge in [0.1, 0.15) is 10.6 Å². The summed E-state index contributed by atoms with van der Waals surface area (Å²) in [5, 5.41) is 2.92. The Morgan fingerprint density at radius 1 is 1.20 bits per heavy atom. The Morgan fingerprint density at radius 3 is 2.44 bits per heavy atom. The van der Waals surface area contributed by atoms with E-state index in [0.717, 1.165) is 9.87 Å². The Morgan fingerprint density at radius 2 is 1.84 bits per heavy atom. The largest absolute Gasteiger partial charge is 0.495 e. The lowest BCUT2D eigenvalue weighted by Gasteiger charge is -2.18. The third-order valence-corrected chi connectivity index (χ3v) is 5.58. The summed E-state index contributed by atoms with van der Waals surface area (Å²) in [6, 6.07) is 11.5. The minimum atomic E-state index is -3.94. The van der Waals surface area contributed by atoms with Gasteiger partial charge in [-0.15, -0.1) is 0 Å². The molecule has 1 N–H and O–H groups in total. The van der Waals surface area contributed by atoms with Crippen molar-refractivity contribution in [1.82, 2.24) is 4.31 Å². The van der Waals surface area contributed by atoms with Crippen molar-refractivity contribution >= 4 is 33.2 Å². The first-order chi connectivity index (χ1) is 11.7. The van der Waals surface area contributed by atoms with Crippen LogP contribution < -0.4 is 10.1 Å². The number of sulfonamides is 1. The molecule has 0 unspecified atom stereocenters. The van der Waals surface area contributed by atoms with Crippen molar-refractivity contribution in [3.8, 4) is 5.75 Å². The van der Waals surface area contributed by atoms with E-state index in [0.29, 0.717) is 5.69 Å². The molecule has 0 heterocycles. The second kappa shape index (κ2) is 7.86. The number of aryl methyl sites for hydroxylation is 1. The molecule has 0 fully saturated rings. The molecule has 0 atom stereocenters. The van der Waals surface area contributed by atoms with Crippen LogP contribution in [0.3, 0.4) is 0 Å². The van der Waals surface area contributed by atoms with Crippen molar-refractivity contribution in [3.63, 3.8) is 0 Å². The highest BCUT2D eigenvalue weighted by Crippen LogP contribution is 2.29. The minimum Gasteiger partial charge on any atom is -0.495 e. The molecule has 0 aromatic heterocycles. The number of benzene rings is 2. The number of hydrogen-bond donors (Lipinski definition) is 1. The van der Waals surface area contributed by atoms with E-state index in [1.807, 2.05) is 19.1 Å². The fourth-order valence-corrected chi connectivity index (χ4v) is 3.69. The number of ether oxygens (including phenoxy) is 1. The van der Waals surface area contributed by atoms with Crippen molar-refractivity contribution in [2.75, 3.05) is 26.0 Å². The third-order valence-electron chi connectivity index (χ3n) is 3.52. The third kappa shape index (κ3) is 4.72. The van der Waals surface area contributed by atoms with E-state index in [2.05, 4.69) is 5.32 Å². The van der Waals surface area contributed by atoms with E-state index in [-0.39, 0.29) is 22.2 Å². The van der Waals surface area contributed by atoms with Gasteiger partial charge in [-0.05, 0) is 37.3 Å². The number of anilines is 1. The van der Waals surface area contributed by atoms with Crippen LogP contribution in [0.25, 0.3) is 0 Å². The number of nitrogens with zero attached hydrogens (tertiary/aromatic N) is 1. The molecule has 1 amide bonds. The van der Waals surface area contributed by atoms with Crippen LogP contribution in [-0.4, -0.2) is 39.3 Å². The maximum atomic E-state index is 12.7. The number of hydrogen-bond acceptors (Lipinski definition) is 4. The molecule has 0 aliphatic carbocycles. The van der Waals surface area contributed by atoms with Gasteiger partial charge in [0.2, 0.25) is 15.9 Å². The summed E-state index contributed by atoms with van der Waals surface area (Å²) in [7, 11) is -1.24. The summed E-state index contributed by atoms with van der Waals surface area (Å²) in [6.07, 6.45) is 0. The highest BCUT2D eigenvalue weighted by atomic mass is 35.5. The lowest BCUT2D eigenvalue weighted by Crippen LogP contribution is -2.35. The lowest BCUT2D eigenvalue weighted by atomic mass is 10.2. The molecule has 2 aromatic rings. The van der Waals surface area contributed by atoms with Gasteiger partial charge in [0.05, 0.1) is 13.7 Å². The first-order valence-corrected chi connectivity index (χ1v) is 9.22. The monoisotopic (exact) mass is 382 g/mol. The van der Waals surface area contributed by atoms with Crippen molar-refractivity contribution in [2.45, 2.75) is 11.8 Å². The summed E-state index contributed by atoms with van der Waals surface area (Å²) in [5.41, 5.74) is 1.66. The van der Waals surface area contributed by atoms with Crippen LogP contribution in [0.5, 0.6) is 5.75 Å². The minimum absolute atomic E-state index is 0.0897. The van der Waals surface area contributed by atoms with Gasteiger partial charge >= 0.3 is 0 Å². The molecule has 0 saturated heterocycles. The van der Waals surface area contributed by atoms with Gasteiger partial charge < -0.3 is 10.1 Å². The van der Waals surface area contributed by atoms with Gasteiger partial charge in [-0.25, -0.2) is 8.42 Å². The summed E-state index contributed by atoms with van der Waals surface area (Å²) < 4.78 is 31.4. The standard InChI is InChI=1S/C17H19ClN2O4S/c1-12-4-7-14(8-5-12)19-17(21)11-20(2)25(22,23)16-10-13(18)6-9-15(16)24-3/h4-10H,11H2,1-3H3,(H,19,21). The Labute approximate surface area is 152 Å². The second-order valence-corrected chi connectivity index (χ2v) is 7.92. The van der Waals surface area contributed by atoms with Crippen molar-refractivity contribution in [1.29, 1.82) is 0 Å². The van der Waals surface area contributed by atoms with Crippen LogP contribution in [0.1, 0.15) is 5.56 Å². The van der Waals surface area contributed by atoms with Gasteiger partial charge in [-0.3, -0.25) is 4.79 Å². The molecule has 0 spiro atoms. The lowest BCUT2D eigenvalue weighted by molar-refractivity contribution is -0.116. The Hall–Kier alpha value is -2.09. The van der Waals surface area contributed by atoms with E-state index in [9.17, 15) is 13.2 Å². The molecule has 134 valence electrons. The summed E-state index contributed by atoms with van der Waals surface area (Å²) >= 11 is 5.89. The average molecular weight is 383 g/mol. The molecule has 2 rings (SSSR count). The number of carbonyl (C=O) groups excluding carboxylic acids is 1. The van der Waals surface area contributed by atoms with E-state index in [1.165, 1.54) is 32.4 Å². The molecule has 2 aromatic carbocycles. The Balaban J connectivity index is 2.16. The van der Waals surface area contributed by atoms with E-state index in [4.69, 9.17) is 16.3 Å². The quantitative estimate of drug-likeness (QED) is 0.833. The smallest absolute Gasteiger partial charge is 0.247 e. The van der Waals surface area contributed by atoms with Crippen LogP contribution in [0, 0.1) is 6.92 Å². The summed E-state index contributed by atoms with van der Waals surface area (Å²) in [6.45, 7) is 1.59. The van der Waals surface area contributed by atoms with Crippen LogP contribution in [0.4, 0.5) is 5.69 Å². The van der Waals surface area contributed by atoms with Gasteiger partial charge in [0, 0.05) is 17.8 Å². The number of halogens is 1. The van der Waals surface area contributed by atoms with Crippen LogP contribution in [0.15, 0.2) is 47.4 Å². The predicted molar refractivity (Wildman–Crippen MR) is 97.6 cm³/mol. The number of likely N-dealkylation sites (N-methyl/N-ethyl adjacent to an activating group) is 1. The average Bonchev–Trinajstić information content (AvgIpc) is 2.56. The maximum Gasteiger partial charge on any atom is 0.247 e. The number of rotatable bonds is 6. The van der Waals surface area contributed by atoms with Crippen LogP contribution in [-0.2, 0) is 14.8 Å². The van der Waals surface area contributed by atoms with Gasteiger partial charge in [-0.2, -0.15) is 4.31 Å². The predicted octanol–water partition coefficient (Wildman–Crippen LogP) is 2.92. The van der Waals surface area contributed by atoms with Crippen molar-refractivity contribution in [3.05, 3.63) is 53.1 Å². The number of carbonyl (C=O) groups is 1. The highest BCUT2D eigenvalue weighted by molar-refractivity contribution is 7.89. The first-order valence-electron chi connectivity index (χ1n) is 7.40. The molecular formula is C17H19ClN2O4S. The van der Waals surface area contributed by atoms with Gasteiger partial charge in [0.15, 0.2) is 0 Å². The molecule has 0 bridgehead atoms. The molecule has 6 nitrogen and oxygen atoms in total. The van der Waals surface area contributed by atoms with Crippen molar-refractivity contribution < 1.29 is 17.9 Å². The molecule has 0 saturated carbocycles. The molecule has 0 aliphatic heterocycles. The van der Waals surface area contributed by atoms with Crippen molar-refractivity contribution in [2.24, 2.45) is 0 Å². The number of amides is 1.